The van der Waals surface area contributed by atoms with Gasteiger partial charge in [-0.15, -0.1) is 21.5 Å². The molecule has 1 saturated carbocycles. The number of nitrogens with zero attached hydrogens (tertiary/aromatic N) is 3. The van der Waals surface area contributed by atoms with Crippen LogP contribution in [-0.2, 0) is 11.3 Å². The summed E-state index contributed by atoms with van der Waals surface area (Å²) in [5.74, 6) is 1.25. The molecule has 2 aromatic rings. The minimum atomic E-state index is 0.0983. The zero-order chi connectivity index (χ0) is 14.9. The number of hydrogen-bond acceptors (Lipinski definition) is 6. The molecule has 22 heavy (non-hydrogen) atoms. The Balaban J connectivity index is 1.51. The SMILES string of the molecule is O=C1CN(Cc2nnc(-c3cccs3)o2)[C@H]2CCCC[C@@H]2N1. The summed E-state index contributed by atoms with van der Waals surface area (Å²) in [5, 5.41) is 13.4. The third-order valence-corrected chi connectivity index (χ3v) is 5.29. The summed E-state index contributed by atoms with van der Waals surface area (Å²) in [6, 6.07) is 4.59. The molecule has 0 spiro atoms. The van der Waals surface area contributed by atoms with Crippen molar-refractivity contribution in [2.75, 3.05) is 6.54 Å². The van der Waals surface area contributed by atoms with Gasteiger partial charge in [-0.3, -0.25) is 9.69 Å². The summed E-state index contributed by atoms with van der Waals surface area (Å²) in [6.45, 7) is 0.963. The zero-order valence-corrected chi connectivity index (χ0v) is 13.0. The van der Waals surface area contributed by atoms with E-state index in [2.05, 4.69) is 20.4 Å². The van der Waals surface area contributed by atoms with Crippen molar-refractivity contribution in [1.82, 2.24) is 20.4 Å². The molecule has 7 heteroatoms. The maximum atomic E-state index is 11.9. The van der Waals surface area contributed by atoms with Gasteiger partial charge >= 0.3 is 0 Å². The number of rotatable bonds is 3. The van der Waals surface area contributed by atoms with E-state index >= 15 is 0 Å². The average Bonchev–Trinajstić information content (AvgIpc) is 3.17. The first-order valence-electron chi connectivity index (χ1n) is 7.69. The van der Waals surface area contributed by atoms with Gasteiger partial charge in [0.2, 0.25) is 11.8 Å². The van der Waals surface area contributed by atoms with E-state index in [0.717, 1.165) is 17.7 Å². The molecule has 0 radical (unpaired) electrons. The molecule has 0 unspecified atom stereocenters. The van der Waals surface area contributed by atoms with Crippen LogP contribution in [0.25, 0.3) is 10.8 Å². The number of carbonyl (C=O) groups is 1. The fourth-order valence-corrected chi connectivity index (χ4v) is 4.08. The second-order valence-electron chi connectivity index (χ2n) is 5.91. The Kier molecular flexibility index (Phi) is 3.67. The van der Waals surface area contributed by atoms with Crippen molar-refractivity contribution in [3.63, 3.8) is 0 Å². The number of nitrogens with one attached hydrogen (secondary N) is 1. The average molecular weight is 318 g/mol. The molecule has 1 N–H and O–H groups in total. The Hall–Kier alpha value is -1.73. The lowest BCUT2D eigenvalue weighted by Gasteiger charge is -2.43. The number of fused-ring (bicyclic) bond motifs is 1. The molecule has 3 heterocycles. The highest BCUT2D eigenvalue weighted by molar-refractivity contribution is 7.13. The van der Waals surface area contributed by atoms with Crippen LogP contribution in [0, 0.1) is 0 Å². The van der Waals surface area contributed by atoms with Gasteiger partial charge < -0.3 is 9.73 Å². The summed E-state index contributed by atoms with van der Waals surface area (Å²) in [6.07, 6.45) is 4.60. The van der Waals surface area contributed by atoms with Crippen molar-refractivity contribution >= 4 is 17.2 Å². The fourth-order valence-electron chi connectivity index (χ4n) is 3.44. The van der Waals surface area contributed by atoms with Crippen LogP contribution in [0.5, 0.6) is 0 Å². The van der Waals surface area contributed by atoms with Crippen LogP contribution in [0.2, 0.25) is 0 Å². The Morgan fingerprint density at radius 2 is 2.27 bits per heavy atom. The monoisotopic (exact) mass is 318 g/mol. The van der Waals surface area contributed by atoms with Gasteiger partial charge in [0.25, 0.3) is 5.89 Å². The molecule has 1 saturated heterocycles. The molecule has 0 bridgehead atoms. The molecule has 2 fully saturated rings. The molecule has 6 nitrogen and oxygen atoms in total. The molecule has 1 aliphatic carbocycles. The van der Waals surface area contributed by atoms with Gasteiger partial charge in [0, 0.05) is 12.1 Å². The lowest BCUT2D eigenvalue weighted by Crippen LogP contribution is -2.61. The number of amides is 1. The van der Waals surface area contributed by atoms with Gasteiger partial charge in [-0.05, 0) is 24.3 Å². The van der Waals surface area contributed by atoms with Crippen LogP contribution < -0.4 is 5.32 Å². The molecular formula is C15H18N4O2S. The highest BCUT2D eigenvalue weighted by atomic mass is 32.1. The maximum absolute atomic E-state index is 11.9. The van der Waals surface area contributed by atoms with Crippen molar-refractivity contribution < 1.29 is 9.21 Å². The van der Waals surface area contributed by atoms with Crippen LogP contribution in [0.3, 0.4) is 0 Å². The molecule has 1 amide bonds. The quantitative estimate of drug-likeness (QED) is 0.938. The van der Waals surface area contributed by atoms with Crippen molar-refractivity contribution in [3.05, 3.63) is 23.4 Å². The minimum absolute atomic E-state index is 0.0983. The topological polar surface area (TPSA) is 71.3 Å². The molecule has 4 rings (SSSR count). The molecular weight excluding hydrogens is 300 g/mol. The van der Waals surface area contributed by atoms with E-state index in [1.54, 1.807) is 11.3 Å². The second kappa shape index (κ2) is 5.81. The Labute approximate surface area is 132 Å². The summed E-state index contributed by atoms with van der Waals surface area (Å²) in [7, 11) is 0. The van der Waals surface area contributed by atoms with E-state index < -0.39 is 0 Å². The molecule has 2 atom stereocenters. The maximum Gasteiger partial charge on any atom is 0.257 e. The van der Waals surface area contributed by atoms with Gasteiger partial charge in [-0.25, -0.2) is 0 Å². The third kappa shape index (κ3) is 2.66. The Morgan fingerprint density at radius 3 is 3.14 bits per heavy atom. The van der Waals surface area contributed by atoms with Crippen molar-refractivity contribution in [2.24, 2.45) is 0 Å². The highest BCUT2D eigenvalue weighted by Crippen LogP contribution is 2.28. The standard InChI is InChI=1S/C15H18N4O2S/c20-13-8-19(11-5-2-1-4-10(11)16-13)9-14-17-18-15(21-14)12-6-3-7-22-12/h3,6-7,10-11H,1-2,4-5,8-9H2,(H,16,20)/t10-,11-/m0/s1. The Bertz CT molecular complexity index is 654. The van der Waals surface area contributed by atoms with E-state index in [1.807, 2.05) is 17.5 Å². The van der Waals surface area contributed by atoms with Gasteiger partial charge in [-0.1, -0.05) is 18.9 Å². The first-order valence-corrected chi connectivity index (χ1v) is 8.57. The van der Waals surface area contributed by atoms with E-state index in [4.69, 9.17) is 4.42 Å². The van der Waals surface area contributed by atoms with Crippen molar-refractivity contribution in [1.29, 1.82) is 0 Å². The van der Waals surface area contributed by atoms with Gasteiger partial charge in [0.1, 0.15) is 0 Å². The van der Waals surface area contributed by atoms with Gasteiger partial charge in [0.05, 0.1) is 18.0 Å². The molecule has 2 aliphatic rings. The van der Waals surface area contributed by atoms with Crippen LogP contribution in [0.4, 0.5) is 0 Å². The van der Waals surface area contributed by atoms with E-state index in [9.17, 15) is 4.79 Å². The van der Waals surface area contributed by atoms with Crippen LogP contribution in [0.1, 0.15) is 31.6 Å². The van der Waals surface area contributed by atoms with Crippen LogP contribution in [0.15, 0.2) is 21.9 Å². The number of aromatic nitrogens is 2. The third-order valence-electron chi connectivity index (χ3n) is 4.43. The lowest BCUT2D eigenvalue weighted by molar-refractivity contribution is -0.128. The summed E-state index contributed by atoms with van der Waals surface area (Å²) in [5.41, 5.74) is 0. The molecule has 0 aromatic carbocycles. The molecule has 116 valence electrons. The van der Waals surface area contributed by atoms with E-state index in [-0.39, 0.29) is 11.9 Å². The van der Waals surface area contributed by atoms with Gasteiger partial charge in [-0.2, -0.15) is 0 Å². The van der Waals surface area contributed by atoms with Crippen molar-refractivity contribution in [2.45, 2.75) is 44.3 Å². The first kappa shape index (κ1) is 13.9. The normalized spacial score (nSPS) is 25.7. The predicted molar refractivity (Wildman–Crippen MR) is 82.2 cm³/mol. The zero-order valence-electron chi connectivity index (χ0n) is 12.2. The van der Waals surface area contributed by atoms with Crippen LogP contribution in [-0.4, -0.2) is 39.6 Å². The number of piperazine rings is 1. The number of hydrogen-bond donors (Lipinski definition) is 1. The van der Waals surface area contributed by atoms with E-state index in [0.29, 0.717) is 30.9 Å². The number of carbonyl (C=O) groups excluding carboxylic acids is 1. The lowest BCUT2D eigenvalue weighted by atomic mass is 9.87. The predicted octanol–water partition coefficient (Wildman–Crippen LogP) is 2.04. The minimum Gasteiger partial charge on any atom is -0.419 e. The van der Waals surface area contributed by atoms with Crippen molar-refractivity contribution in [3.8, 4) is 10.8 Å². The summed E-state index contributed by atoms with van der Waals surface area (Å²) >= 11 is 1.58. The highest BCUT2D eigenvalue weighted by Gasteiger charge is 2.36. The molecule has 1 aliphatic heterocycles. The first-order chi connectivity index (χ1) is 10.8. The smallest absolute Gasteiger partial charge is 0.257 e. The fraction of sp³-hybridized carbons (Fsp3) is 0.533. The largest absolute Gasteiger partial charge is 0.419 e. The molecule has 2 aromatic heterocycles. The van der Waals surface area contributed by atoms with Gasteiger partial charge in [0.15, 0.2) is 0 Å². The number of thiophene rings is 1. The summed E-state index contributed by atoms with van der Waals surface area (Å²) in [4.78, 5) is 15.1. The second-order valence-corrected chi connectivity index (χ2v) is 6.86. The summed E-state index contributed by atoms with van der Waals surface area (Å²) < 4.78 is 5.76. The van der Waals surface area contributed by atoms with Crippen LogP contribution >= 0.6 is 11.3 Å². The Morgan fingerprint density at radius 1 is 1.36 bits per heavy atom. The van der Waals surface area contributed by atoms with E-state index in [1.165, 1.54) is 12.8 Å².